The predicted molar refractivity (Wildman–Crippen MR) is 91.8 cm³/mol. The summed E-state index contributed by atoms with van der Waals surface area (Å²) >= 11 is 12.0. The average Bonchev–Trinajstić information content (AvgIpc) is 2.63. The maximum atomic E-state index is 12.8. The number of rotatable bonds is 3. The lowest BCUT2D eigenvalue weighted by atomic mass is 10.1. The van der Waals surface area contributed by atoms with Crippen LogP contribution >= 0.6 is 23.2 Å². The van der Waals surface area contributed by atoms with Gasteiger partial charge in [0.2, 0.25) is 5.88 Å². The fourth-order valence-corrected chi connectivity index (χ4v) is 2.94. The molecule has 0 radical (unpaired) electrons. The highest BCUT2D eigenvalue weighted by molar-refractivity contribution is 6.42. The van der Waals surface area contributed by atoms with Gasteiger partial charge in [0, 0.05) is 12.7 Å². The molecule has 0 N–H and O–H groups in total. The summed E-state index contributed by atoms with van der Waals surface area (Å²) < 4.78 is 11.0. The van der Waals surface area contributed by atoms with Crippen LogP contribution in [0.3, 0.4) is 0 Å². The van der Waals surface area contributed by atoms with Crippen molar-refractivity contribution in [3.8, 4) is 5.88 Å². The van der Waals surface area contributed by atoms with Gasteiger partial charge in [0.05, 0.1) is 30.3 Å². The van der Waals surface area contributed by atoms with Crippen molar-refractivity contribution in [2.45, 2.75) is 6.10 Å². The minimum absolute atomic E-state index is 0.131. The SMILES string of the molecule is COc1ncccc1C(=O)N1CCOC(c2ccc(Cl)c(Cl)c2)C1. The first-order valence-corrected chi connectivity index (χ1v) is 8.20. The zero-order valence-corrected chi connectivity index (χ0v) is 14.5. The average molecular weight is 367 g/mol. The van der Waals surface area contributed by atoms with Crippen molar-refractivity contribution >= 4 is 29.1 Å². The van der Waals surface area contributed by atoms with Crippen LogP contribution in [0.25, 0.3) is 0 Å². The highest BCUT2D eigenvalue weighted by Crippen LogP contribution is 2.29. The van der Waals surface area contributed by atoms with Crippen LogP contribution in [0.5, 0.6) is 5.88 Å². The van der Waals surface area contributed by atoms with E-state index in [1.165, 1.54) is 7.11 Å². The molecule has 0 saturated carbocycles. The topological polar surface area (TPSA) is 51.7 Å². The van der Waals surface area contributed by atoms with Crippen molar-refractivity contribution in [3.05, 3.63) is 57.7 Å². The predicted octanol–water partition coefficient (Wildman–Crippen LogP) is 3.61. The first-order chi connectivity index (χ1) is 11.6. The van der Waals surface area contributed by atoms with Crippen molar-refractivity contribution < 1.29 is 14.3 Å². The van der Waals surface area contributed by atoms with Crippen LogP contribution in [0.1, 0.15) is 22.0 Å². The Hall–Kier alpha value is -1.82. The Bertz CT molecular complexity index is 754. The maximum absolute atomic E-state index is 12.8. The Morgan fingerprint density at radius 3 is 2.92 bits per heavy atom. The van der Waals surface area contributed by atoms with Crippen molar-refractivity contribution in [3.63, 3.8) is 0 Å². The van der Waals surface area contributed by atoms with Crippen LogP contribution in [0, 0.1) is 0 Å². The van der Waals surface area contributed by atoms with Crippen LogP contribution in [0.2, 0.25) is 10.0 Å². The minimum Gasteiger partial charge on any atom is -0.480 e. The molecule has 2 aromatic rings. The van der Waals surface area contributed by atoms with Crippen molar-refractivity contribution in [1.29, 1.82) is 0 Å². The summed E-state index contributed by atoms with van der Waals surface area (Å²) in [6.45, 7) is 1.38. The molecule has 0 aliphatic carbocycles. The van der Waals surface area contributed by atoms with E-state index in [0.717, 1.165) is 5.56 Å². The van der Waals surface area contributed by atoms with E-state index in [2.05, 4.69) is 4.98 Å². The van der Waals surface area contributed by atoms with E-state index in [1.54, 1.807) is 35.4 Å². The molecule has 1 unspecified atom stereocenters. The number of halogens is 2. The third-order valence-electron chi connectivity index (χ3n) is 3.86. The summed E-state index contributed by atoms with van der Waals surface area (Å²) in [5, 5.41) is 0.958. The molecule has 3 rings (SSSR count). The summed E-state index contributed by atoms with van der Waals surface area (Å²) in [4.78, 5) is 18.6. The number of morpholine rings is 1. The summed E-state index contributed by atoms with van der Waals surface area (Å²) in [5.41, 5.74) is 1.33. The Morgan fingerprint density at radius 2 is 2.17 bits per heavy atom. The number of benzene rings is 1. The van der Waals surface area contributed by atoms with Gasteiger partial charge in [-0.25, -0.2) is 4.98 Å². The standard InChI is InChI=1S/C17H16Cl2N2O3/c1-23-16-12(3-2-6-20-16)17(22)21-7-8-24-15(10-21)11-4-5-13(18)14(19)9-11/h2-6,9,15H,7-8,10H2,1H3. The maximum Gasteiger partial charge on any atom is 0.259 e. The molecule has 2 heterocycles. The lowest BCUT2D eigenvalue weighted by Gasteiger charge is -2.33. The highest BCUT2D eigenvalue weighted by atomic mass is 35.5. The molecule has 1 amide bonds. The van der Waals surface area contributed by atoms with Crippen LogP contribution < -0.4 is 4.74 Å². The number of carbonyl (C=O) groups excluding carboxylic acids is 1. The zero-order valence-electron chi connectivity index (χ0n) is 13.0. The molecule has 5 nitrogen and oxygen atoms in total. The summed E-state index contributed by atoms with van der Waals surface area (Å²) in [5.74, 6) is 0.188. The van der Waals surface area contributed by atoms with Crippen molar-refractivity contribution in [1.82, 2.24) is 9.88 Å². The van der Waals surface area contributed by atoms with Gasteiger partial charge < -0.3 is 14.4 Å². The summed E-state index contributed by atoms with van der Waals surface area (Å²) in [7, 11) is 1.50. The van der Waals surface area contributed by atoms with E-state index in [9.17, 15) is 4.79 Å². The molecular weight excluding hydrogens is 351 g/mol. The molecule has 1 aliphatic heterocycles. The van der Waals surface area contributed by atoms with Crippen molar-refractivity contribution in [2.24, 2.45) is 0 Å². The molecule has 126 valence electrons. The van der Waals surface area contributed by atoms with Crippen LogP contribution in [0.4, 0.5) is 0 Å². The van der Waals surface area contributed by atoms with E-state index in [4.69, 9.17) is 32.7 Å². The molecule has 1 atom stereocenters. The molecule has 0 bridgehead atoms. The molecule has 1 aromatic heterocycles. The van der Waals surface area contributed by atoms with Gasteiger partial charge in [-0.3, -0.25) is 4.79 Å². The summed E-state index contributed by atoms with van der Waals surface area (Å²) in [6, 6.07) is 8.78. The van der Waals surface area contributed by atoms with Crippen LogP contribution in [-0.4, -0.2) is 42.6 Å². The highest BCUT2D eigenvalue weighted by Gasteiger charge is 2.28. The fourth-order valence-electron chi connectivity index (χ4n) is 2.63. The normalized spacial score (nSPS) is 17.6. The van der Waals surface area contributed by atoms with E-state index >= 15 is 0 Å². The van der Waals surface area contributed by atoms with Gasteiger partial charge in [0.1, 0.15) is 11.7 Å². The Balaban J connectivity index is 1.80. The number of hydrogen-bond acceptors (Lipinski definition) is 4. The second kappa shape index (κ2) is 7.38. The Labute approximate surface area is 150 Å². The second-order valence-electron chi connectivity index (χ2n) is 5.34. The van der Waals surface area contributed by atoms with Gasteiger partial charge in [-0.05, 0) is 29.8 Å². The third-order valence-corrected chi connectivity index (χ3v) is 4.60. The number of amides is 1. The number of methoxy groups -OCH3 is 1. The second-order valence-corrected chi connectivity index (χ2v) is 6.16. The van der Waals surface area contributed by atoms with Crippen molar-refractivity contribution in [2.75, 3.05) is 26.8 Å². The third kappa shape index (κ3) is 3.48. The molecule has 1 fully saturated rings. The number of carbonyl (C=O) groups is 1. The van der Waals surface area contributed by atoms with Gasteiger partial charge >= 0.3 is 0 Å². The van der Waals surface area contributed by atoms with E-state index in [0.29, 0.717) is 41.2 Å². The van der Waals surface area contributed by atoms with Gasteiger partial charge in [-0.15, -0.1) is 0 Å². The largest absolute Gasteiger partial charge is 0.480 e. The molecular formula is C17H16Cl2N2O3. The van der Waals surface area contributed by atoms with E-state index in [-0.39, 0.29) is 12.0 Å². The van der Waals surface area contributed by atoms with Crippen LogP contribution in [-0.2, 0) is 4.74 Å². The molecule has 1 aromatic carbocycles. The molecule has 24 heavy (non-hydrogen) atoms. The molecule has 7 heteroatoms. The lowest BCUT2D eigenvalue weighted by Crippen LogP contribution is -2.42. The number of hydrogen-bond donors (Lipinski definition) is 0. The zero-order chi connectivity index (χ0) is 17.1. The Morgan fingerprint density at radius 1 is 1.33 bits per heavy atom. The number of ether oxygens (including phenoxy) is 2. The van der Waals surface area contributed by atoms with Gasteiger partial charge in [0.25, 0.3) is 5.91 Å². The number of pyridine rings is 1. The van der Waals surface area contributed by atoms with Crippen LogP contribution in [0.15, 0.2) is 36.5 Å². The molecule has 0 spiro atoms. The lowest BCUT2D eigenvalue weighted by molar-refractivity contribution is -0.0229. The summed E-state index contributed by atoms with van der Waals surface area (Å²) in [6.07, 6.45) is 1.34. The van der Waals surface area contributed by atoms with E-state index < -0.39 is 0 Å². The van der Waals surface area contributed by atoms with Gasteiger partial charge in [0.15, 0.2) is 0 Å². The minimum atomic E-state index is -0.250. The quantitative estimate of drug-likeness (QED) is 0.832. The van der Waals surface area contributed by atoms with E-state index in [1.807, 2.05) is 6.07 Å². The van der Waals surface area contributed by atoms with Gasteiger partial charge in [-0.2, -0.15) is 0 Å². The first kappa shape index (κ1) is 17.0. The first-order valence-electron chi connectivity index (χ1n) is 7.45. The van der Waals surface area contributed by atoms with Gasteiger partial charge in [-0.1, -0.05) is 29.3 Å². The molecule has 1 saturated heterocycles. The Kier molecular flexibility index (Phi) is 5.23. The molecule has 1 aliphatic rings. The number of nitrogens with zero attached hydrogens (tertiary/aromatic N) is 2. The smallest absolute Gasteiger partial charge is 0.259 e. The monoisotopic (exact) mass is 366 g/mol. The number of aromatic nitrogens is 1. The fraction of sp³-hybridized carbons (Fsp3) is 0.294.